The van der Waals surface area contributed by atoms with Gasteiger partial charge in [0.05, 0.1) is 15.2 Å². The molecule has 0 fully saturated rings. The number of rotatable bonds is 0. The Kier molecular flexibility index (Phi) is 2.12. The molecule has 0 unspecified atom stereocenters. The second kappa shape index (κ2) is 2.99. The van der Waals surface area contributed by atoms with E-state index in [1.807, 2.05) is 19.1 Å². The van der Waals surface area contributed by atoms with Crippen molar-refractivity contribution in [2.45, 2.75) is 6.92 Å². The van der Waals surface area contributed by atoms with E-state index in [2.05, 4.69) is 27.6 Å². The first-order chi connectivity index (χ1) is 5.66. The monoisotopic (exact) mass is 285 g/mol. The summed E-state index contributed by atoms with van der Waals surface area (Å²) in [4.78, 5) is 4.37. The first-order valence-electron chi connectivity index (χ1n) is 3.49. The maximum Gasteiger partial charge on any atom is 0.113 e. The maximum atomic E-state index is 5.69. The van der Waals surface area contributed by atoms with Gasteiger partial charge in [-0.2, -0.15) is 0 Å². The average molecular weight is 285 g/mol. The molecule has 58 valence electrons. The van der Waals surface area contributed by atoms with Gasteiger partial charge < -0.3 is 0 Å². The summed E-state index contributed by atoms with van der Waals surface area (Å²) >= 11 is 4.00. The van der Waals surface area contributed by atoms with Gasteiger partial charge in [-0.25, -0.2) is 4.98 Å². The van der Waals surface area contributed by atoms with E-state index >= 15 is 0 Å². The van der Waals surface area contributed by atoms with Crippen LogP contribution < -0.4 is 5.46 Å². The number of nitrogens with zero attached hydrogens (tertiary/aromatic N) is 1. The Morgan fingerprint density at radius 1 is 1.50 bits per heavy atom. The molecule has 1 aromatic carbocycles. The molecule has 1 heterocycles. The zero-order chi connectivity index (χ0) is 8.72. The van der Waals surface area contributed by atoms with Crippen LogP contribution >= 0.6 is 33.9 Å². The molecule has 0 bridgehead atoms. The minimum Gasteiger partial charge on any atom is -0.241 e. The summed E-state index contributed by atoms with van der Waals surface area (Å²) in [6, 6.07) is 3.89. The number of benzene rings is 1. The van der Waals surface area contributed by atoms with Crippen LogP contribution in [0.3, 0.4) is 0 Å². The SMILES string of the molecule is [B]c1cc(I)c2sc(C)nc2c1. The number of aromatic nitrogens is 1. The minimum absolute atomic E-state index is 0.789. The molecule has 0 saturated carbocycles. The van der Waals surface area contributed by atoms with Gasteiger partial charge >= 0.3 is 0 Å². The van der Waals surface area contributed by atoms with Crippen LogP contribution in [0.4, 0.5) is 0 Å². The van der Waals surface area contributed by atoms with E-state index in [0.29, 0.717) is 0 Å². The van der Waals surface area contributed by atoms with Crippen LogP contribution in [0.25, 0.3) is 10.2 Å². The molecule has 2 rings (SSSR count). The van der Waals surface area contributed by atoms with E-state index in [1.165, 1.54) is 8.27 Å². The molecule has 0 N–H and O–H groups in total. The van der Waals surface area contributed by atoms with Crippen molar-refractivity contribution in [3.8, 4) is 0 Å². The quantitative estimate of drug-likeness (QED) is 0.533. The number of halogens is 1. The number of hydrogen-bond donors (Lipinski definition) is 0. The number of aryl methyl sites for hydroxylation is 1. The van der Waals surface area contributed by atoms with Gasteiger partial charge in [0.25, 0.3) is 0 Å². The molecule has 0 aliphatic carbocycles. The zero-order valence-corrected chi connectivity index (χ0v) is 9.44. The molecule has 12 heavy (non-hydrogen) atoms. The molecule has 0 atom stereocenters. The Labute approximate surface area is 89.8 Å². The van der Waals surface area contributed by atoms with Gasteiger partial charge in [0.15, 0.2) is 0 Å². The molecular weight excluding hydrogens is 280 g/mol. The summed E-state index contributed by atoms with van der Waals surface area (Å²) in [5.74, 6) is 0. The molecule has 1 nitrogen and oxygen atoms in total. The Morgan fingerprint density at radius 3 is 3.00 bits per heavy atom. The third-order valence-electron chi connectivity index (χ3n) is 1.57. The molecule has 0 amide bonds. The van der Waals surface area contributed by atoms with E-state index in [1.54, 1.807) is 11.3 Å². The summed E-state index contributed by atoms with van der Waals surface area (Å²) in [5, 5.41) is 1.09. The molecule has 0 aliphatic heterocycles. The van der Waals surface area contributed by atoms with Crippen LogP contribution in [-0.2, 0) is 0 Å². The smallest absolute Gasteiger partial charge is 0.113 e. The van der Waals surface area contributed by atoms with E-state index in [0.717, 1.165) is 16.0 Å². The van der Waals surface area contributed by atoms with Crippen LogP contribution in [0.2, 0.25) is 0 Å². The number of hydrogen-bond acceptors (Lipinski definition) is 2. The summed E-state index contributed by atoms with van der Waals surface area (Å²) in [5.41, 5.74) is 1.80. The van der Waals surface area contributed by atoms with Crippen LogP contribution in [-0.4, -0.2) is 12.8 Å². The van der Waals surface area contributed by atoms with Crippen LogP contribution in [0.15, 0.2) is 12.1 Å². The molecule has 2 aromatic rings. The fourth-order valence-corrected chi connectivity index (χ4v) is 2.89. The molecule has 0 saturated heterocycles. The largest absolute Gasteiger partial charge is 0.241 e. The molecule has 2 radical (unpaired) electrons. The lowest BCUT2D eigenvalue weighted by atomic mass is 9.96. The van der Waals surface area contributed by atoms with Crippen molar-refractivity contribution in [2.75, 3.05) is 0 Å². The van der Waals surface area contributed by atoms with Crippen molar-refractivity contribution < 1.29 is 0 Å². The van der Waals surface area contributed by atoms with Gasteiger partial charge in [0, 0.05) is 3.57 Å². The minimum atomic E-state index is 0.789. The molecule has 0 aliphatic rings. The lowest BCUT2D eigenvalue weighted by Crippen LogP contribution is -2.01. The van der Waals surface area contributed by atoms with Crippen molar-refractivity contribution in [2.24, 2.45) is 0 Å². The zero-order valence-electron chi connectivity index (χ0n) is 6.47. The molecule has 0 spiro atoms. The van der Waals surface area contributed by atoms with Gasteiger partial charge in [-0.15, -0.1) is 11.3 Å². The highest BCUT2D eigenvalue weighted by Crippen LogP contribution is 2.25. The Hall–Kier alpha value is -0.0951. The summed E-state index contributed by atoms with van der Waals surface area (Å²) in [6.07, 6.45) is 0. The van der Waals surface area contributed by atoms with E-state index in [-0.39, 0.29) is 0 Å². The van der Waals surface area contributed by atoms with Crippen LogP contribution in [0.1, 0.15) is 5.01 Å². The van der Waals surface area contributed by atoms with Crippen LogP contribution in [0.5, 0.6) is 0 Å². The summed E-state index contributed by atoms with van der Waals surface area (Å²) < 4.78 is 2.43. The predicted octanol–water partition coefficient (Wildman–Crippen LogP) is 2.00. The first-order valence-corrected chi connectivity index (χ1v) is 5.38. The Balaban J connectivity index is 2.88. The standard InChI is InChI=1S/C8H5BINS/c1-4-11-7-3-5(9)2-6(10)8(7)12-4/h2-3H,1H3. The van der Waals surface area contributed by atoms with Gasteiger partial charge in [0.2, 0.25) is 0 Å². The van der Waals surface area contributed by atoms with Crippen molar-refractivity contribution >= 4 is 57.5 Å². The highest BCUT2D eigenvalue weighted by molar-refractivity contribution is 14.1. The fourth-order valence-electron chi connectivity index (χ4n) is 1.12. The van der Waals surface area contributed by atoms with Gasteiger partial charge in [-0.3, -0.25) is 0 Å². The van der Waals surface area contributed by atoms with Gasteiger partial charge in [-0.1, -0.05) is 11.5 Å². The first kappa shape index (κ1) is 8.50. The Morgan fingerprint density at radius 2 is 2.25 bits per heavy atom. The topological polar surface area (TPSA) is 12.9 Å². The lowest BCUT2D eigenvalue weighted by Gasteiger charge is -1.94. The van der Waals surface area contributed by atoms with E-state index in [9.17, 15) is 0 Å². The number of fused-ring (bicyclic) bond motifs is 1. The van der Waals surface area contributed by atoms with Crippen LogP contribution in [0, 0.1) is 10.5 Å². The van der Waals surface area contributed by atoms with E-state index in [4.69, 9.17) is 7.85 Å². The lowest BCUT2D eigenvalue weighted by molar-refractivity contribution is 1.35. The van der Waals surface area contributed by atoms with Crippen molar-refractivity contribution in [1.29, 1.82) is 0 Å². The summed E-state index contributed by atoms with van der Waals surface area (Å²) in [6.45, 7) is 2.01. The maximum absolute atomic E-state index is 5.69. The molecule has 4 heteroatoms. The van der Waals surface area contributed by atoms with Crippen molar-refractivity contribution in [3.05, 3.63) is 20.7 Å². The molecule has 1 aromatic heterocycles. The number of thiazole rings is 1. The van der Waals surface area contributed by atoms with Crippen molar-refractivity contribution in [1.82, 2.24) is 4.98 Å². The Bertz CT molecular complexity index is 438. The highest BCUT2D eigenvalue weighted by atomic mass is 127. The van der Waals surface area contributed by atoms with Gasteiger partial charge in [0.1, 0.15) is 7.85 Å². The van der Waals surface area contributed by atoms with Gasteiger partial charge in [-0.05, 0) is 35.6 Å². The third-order valence-corrected chi connectivity index (χ3v) is 3.81. The predicted molar refractivity (Wildman–Crippen MR) is 62.5 cm³/mol. The highest BCUT2D eigenvalue weighted by Gasteiger charge is 2.03. The average Bonchev–Trinajstić information content (AvgIpc) is 2.29. The molecular formula is C8H5BINS. The normalized spacial score (nSPS) is 10.8. The van der Waals surface area contributed by atoms with E-state index < -0.39 is 0 Å². The van der Waals surface area contributed by atoms with Crippen molar-refractivity contribution in [3.63, 3.8) is 0 Å². The summed E-state index contributed by atoms with van der Waals surface area (Å²) in [7, 11) is 5.69. The second-order valence-corrected chi connectivity index (χ2v) is 4.95. The second-order valence-electron chi connectivity index (χ2n) is 2.58. The fraction of sp³-hybridized carbons (Fsp3) is 0.125. The third kappa shape index (κ3) is 1.37.